The van der Waals surface area contributed by atoms with Gasteiger partial charge in [-0.15, -0.1) is 0 Å². The lowest BCUT2D eigenvalue weighted by molar-refractivity contribution is -0.141. The maximum Gasteiger partial charge on any atom is 0.243 e. The zero-order valence-electron chi connectivity index (χ0n) is 21.8. The van der Waals surface area contributed by atoms with Gasteiger partial charge in [-0.05, 0) is 36.5 Å². The van der Waals surface area contributed by atoms with Crippen molar-refractivity contribution in [2.24, 2.45) is 0 Å². The van der Waals surface area contributed by atoms with Crippen LogP contribution in [0.25, 0.3) is 0 Å². The van der Waals surface area contributed by atoms with Crippen molar-refractivity contribution in [2.75, 3.05) is 5.75 Å². The Labute approximate surface area is 225 Å². The first-order valence-electron chi connectivity index (χ1n) is 13.4. The molecular weight excluding hydrogens is 476 g/mol. The van der Waals surface area contributed by atoms with Crippen molar-refractivity contribution in [3.05, 3.63) is 107 Å². The summed E-state index contributed by atoms with van der Waals surface area (Å²) in [6.45, 7) is 2.49. The molecule has 0 spiro atoms. The molecular formula is C32H38N2O2S. The lowest BCUT2D eigenvalue weighted by Crippen LogP contribution is -2.52. The van der Waals surface area contributed by atoms with Crippen LogP contribution in [0.4, 0.5) is 0 Å². The first kappa shape index (κ1) is 27.0. The van der Waals surface area contributed by atoms with E-state index in [1.165, 1.54) is 11.1 Å². The van der Waals surface area contributed by atoms with Crippen LogP contribution in [0, 0.1) is 6.92 Å². The highest BCUT2D eigenvalue weighted by Gasteiger charge is 2.31. The number of benzene rings is 3. The minimum Gasteiger partial charge on any atom is -0.352 e. The predicted octanol–water partition coefficient (Wildman–Crippen LogP) is 6.32. The molecule has 1 fully saturated rings. The third-order valence-electron chi connectivity index (χ3n) is 7.02. The van der Waals surface area contributed by atoms with Crippen LogP contribution in [-0.2, 0) is 28.3 Å². The smallest absolute Gasteiger partial charge is 0.243 e. The molecule has 0 saturated heterocycles. The van der Waals surface area contributed by atoms with Gasteiger partial charge in [0.15, 0.2) is 0 Å². The Hall–Kier alpha value is -3.05. The molecule has 4 nitrogen and oxygen atoms in total. The van der Waals surface area contributed by atoms with Gasteiger partial charge in [-0.3, -0.25) is 9.59 Å². The van der Waals surface area contributed by atoms with Gasteiger partial charge in [-0.2, -0.15) is 11.8 Å². The first-order valence-corrected chi connectivity index (χ1v) is 14.5. The van der Waals surface area contributed by atoms with Crippen molar-refractivity contribution < 1.29 is 9.59 Å². The SMILES string of the molecule is Cc1ccc(CN(C(=O)CCSCc2ccccc2)C(Cc2ccccc2)C(=O)NC2CCCC2)cc1. The second-order valence-corrected chi connectivity index (χ2v) is 11.1. The monoisotopic (exact) mass is 514 g/mol. The highest BCUT2D eigenvalue weighted by Crippen LogP contribution is 2.21. The molecule has 0 heterocycles. The summed E-state index contributed by atoms with van der Waals surface area (Å²) in [5.74, 6) is 1.60. The van der Waals surface area contributed by atoms with Gasteiger partial charge in [0.25, 0.3) is 0 Å². The Morgan fingerprint density at radius 3 is 2.14 bits per heavy atom. The highest BCUT2D eigenvalue weighted by molar-refractivity contribution is 7.98. The van der Waals surface area contributed by atoms with Gasteiger partial charge in [0.05, 0.1) is 0 Å². The van der Waals surface area contributed by atoms with E-state index >= 15 is 0 Å². The largest absolute Gasteiger partial charge is 0.352 e. The van der Waals surface area contributed by atoms with Crippen molar-refractivity contribution in [1.82, 2.24) is 10.2 Å². The van der Waals surface area contributed by atoms with Gasteiger partial charge in [0.2, 0.25) is 11.8 Å². The molecule has 1 saturated carbocycles. The molecule has 0 aliphatic heterocycles. The molecule has 5 heteroatoms. The van der Waals surface area contributed by atoms with Crippen LogP contribution in [0.15, 0.2) is 84.9 Å². The van der Waals surface area contributed by atoms with Crippen molar-refractivity contribution in [1.29, 1.82) is 0 Å². The molecule has 1 N–H and O–H groups in total. The third-order valence-corrected chi connectivity index (χ3v) is 8.05. The second kappa shape index (κ2) is 14.0. The number of rotatable bonds is 12. The van der Waals surface area contributed by atoms with Crippen LogP contribution in [0.2, 0.25) is 0 Å². The van der Waals surface area contributed by atoms with Crippen LogP contribution in [0.3, 0.4) is 0 Å². The van der Waals surface area contributed by atoms with E-state index in [4.69, 9.17) is 0 Å². The maximum atomic E-state index is 13.7. The molecule has 2 amide bonds. The van der Waals surface area contributed by atoms with Gasteiger partial charge >= 0.3 is 0 Å². The van der Waals surface area contributed by atoms with Gasteiger partial charge in [0, 0.05) is 36.9 Å². The van der Waals surface area contributed by atoms with Crippen molar-refractivity contribution in [3.8, 4) is 0 Å². The zero-order chi connectivity index (χ0) is 25.9. The van der Waals surface area contributed by atoms with Gasteiger partial charge in [0.1, 0.15) is 6.04 Å². The Balaban J connectivity index is 1.52. The van der Waals surface area contributed by atoms with Crippen molar-refractivity contribution in [2.45, 2.75) is 69.8 Å². The Morgan fingerprint density at radius 1 is 0.865 bits per heavy atom. The first-order chi connectivity index (χ1) is 18.1. The highest BCUT2D eigenvalue weighted by atomic mass is 32.2. The van der Waals surface area contributed by atoms with Crippen LogP contribution in [0.1, 0.15) is 54.4 Å². The molecule has 37 heavy (non-hydrogen) atoms. The number of hydrogen-bond donors (Lipinski definition) is 1. The molecule has 1 aliphatic rings. The summed E-state index contributed by atoms with van der Waals surface area (Å²) in [5.41, 5.74) is 4.55. The number of thioether (sulfide) groups is 1. The Morgan fingerprint density at radius 2 is 1.49 bits per heavy atom. The van der Waals surface area contributed by atoms with E-state index in [0.29, 0.717) is 19.4 Å². The standard InChI is InChI=1S/C32H38N2O2S/c1-25-16-18-27(19-17-25)23-34(31(35)20-21-37-24-28-12-6-3-7-13-28)30(22-26-10-4-2-5-11-26)32(36)33-29-14-8-9-15-29/h2-7,10-13,16-19,29-30H,8-9,14-15,20-24H2,1H3,(H,33,36). The van der Waals surface area contributed by atoms with Crippen molar-refractivity contribution >= 4 is 23.6 Å². The molecule has 4 rings (SSSR count). The van der Waals surface area contributed by atoms with E-state index in [-0.39, 0.29) is 17.9 Å². The van der Waals surface area contributed by atoms with Crippen LogP contribution in [-0.4, -0.2) is 34.6 Å². The second-order valence-electron chi connectivity index (χ2n) is 9.99. The maximum absolute atomic E-state index is 13.7. The predicted molar refractivity (Wildman–Crippen MR) is 153 cm³/mol. The average Bonchev–Trinajstić information content (AvgIpc) is 3.44. The average molecular weight is 515 g/mol. The van der Waals surface area contributed by atoms with E-state index in [9.17, 15) is 9.59 Å². The van der Waals surface area contributed by atoms with E-state index in [0.717, 1.165) is 48.3 Å². The molecule has 0 aromatic heterocycles. The third kappa shape index (κ3) is 8.50. The number of nitrogens with zero attached hydrogens (tertiary/aromatic N) is 1. The molecule has 1 aliphatic carbocycles. The minimum atomic E-state index is -0.545. The number of hydrogen-bond acceptors (Lipinski definition) is 3. The van der Waals surface area contributed by atoms with E-state index in [2.05, 4.69) is 48.6 Å². The minimum absolute atomic E-state index is 0.0311. The Bertz CT molecular complexity index is 1110. The molecule has 1 atom stereocenters. The summed E-state index contributed by atoms with van der Waals surface area (Å²) in [4.78, 5) is 29.3. The quantitative estimate of drug-likeness (QED) is 0.288. The molecule has 3 aromatic rings. The van der Waals surface area contributed by atoms with E-state index in [1.807, 2.05) is 53.4 Å². The molecule has 0 bridgehead atoms. The topological polar surface area (TPSA) is 49.4 Å². The van der Waals surface area contributed by atoms with Gasteiger partial charge in [-0.25, -0.2) is 0 Å². The fourth-order valence-electron chi connectivity index (χ4n) is 4.88. The number of amides is 2. The van der Waals surface area contributed by atoms with E-state index < -0.39 is 6.04 Å². The summed E-state index contributed by atoms with van der Waals surface area (Å²) >= 11 is 1.76. The Kier molecular flexibility index (Phi) is 10.2. The number of aryl methyl sites for hydroxylation is 1. The lowest BCUT2D eigenvalue weighted by atomic mass is 10.0. The molecule has 3 aromatic carbocycles. The summed E-state index contributed by atoms with van der Waals surface area (Å²) < 4.78 is 0. The molecule has 194 valence electrons. The summed E-state index contributed by atoms with van der Waals surface area (Å²) in [6.07, 6.45) is 5.26. The summed E-state index contributed by atoms with van der Waals surface area (Å²) in [7, 11) is 0. The lowest BCUT2D eigenvalue weighted by Gasteiger charge is -2.32. The number of carbonyl (C=O) groups is 2. The van der Waals surface area contributed by atoms with Gasteiger partial charge < -0.3 is 10.2 Å². The molecule has 1 unspecified atom stereocenters. The molecule has 0 radical (unpaired) electrons. The van der Waals surface area contributed by atoms with Crippen LogP contribution >= 0.6 is 11.8 Å². The fourth-order valence-corrected chi connectivity index (χ4v) is 5.77. The fraction of sp³-hybridized carbons (Fsp3) is 0.375. The summed E-state index contributed by atoms with van der Waals surface area (Å²) in [6, 6.07) is 28.3. The van der Waals surface area contributed by atoms with Crippen molar-refractivity contribution in [3.63, 3.8) is 0 Å². The van der Waals surface area contributed by atoms with E-state index in [1.54, 1.807) is 11.8 Å². The number of carbonyl (C=O) groups excluding carboxylic acids is 2. The van der Waals surface area contributed by atoms with Gasteiger partial charge in [-0.1, -0.05) is 103 Å². The zero-order valence-corrected chi connectivity index (χ0v) is 22.6. The van der Waals surface area contributed by atoms with Crippen LogP contribution in [0.5, 0.6) is 0 Å². The number of nitrogens with one attached hydrogen (secondary N) is 1. The normalized spacial score (nSPS) is 14.3. The summed E-state index contributed by atoms with van der Waals surface area (Å²) in [5, 5.41) is 3.28. The van der Waals surface area contributed by atoms with Crippen LogP contribution < -0.4 is 5.32 Å².